The van der Waals surface area contributed by atoms with Crippen LogP contribution in [0, 0.1) is 23.7 Å². The zero-order valence-electron chi connectivity index (χ0n) is 17.6. The third-order valence-corrected chi connectivity index (χ3v) is 6.46. The first kappa shape index (κ1) is 23.1. The molecule has 0 aromatic rings. The van der Waals surface area contributed by atoms with E-state index in [9.17, 15) is 15.0 Å². The highest BCUT2D eigenvalue weighted by Gasteiger charge is 2.39. The molecule has 2 aliphatic carbocycles. The zero-order valence-corrected chi connectivity index (χ0v) is 17.6. The first-order valence-corrected chi connectivity index (χ1v) is 10.9. The first-order chi connectivity index (χ1) is 13.3. The lowest BCUT2D eigenvalue weighted by Gasteiger charge is -2.43. The summed E-state index contributed by atoms with van der Waals surface area (Å²) < 4.78 is 6.34. The van der Waals surface area contributed by atoms with Gasteiger partial charge in [-0.1, -0.05) is 45.4 Å². The Labute approximate surface area is 169 Å². The Bertz CT molecular complexity index is 555. The van der Waals surface area contributed by atoms with Crippen LogP contribution in [-0.4, -0.2) is 46.2 Å². The van der Waals surface area contributed by atoms with Gasteiger partial charge in [-0.15, -0.1) is 0 Å². The number of carboxylic acid groups (broad SMARTS) is 1. The third-order valence-electron chi connectivity index (χ3n) is 6.46. The summed E-state index contributed by atoms with van der Waals surface area (Å²) in [6.07, 6.45) is 9.65. The summed E-state index contributed by atoms with van der Waals surface area (Å²) in [5.41, 5.74) is 1.36. The maximum Gasteiger partial charge on any atom is 0.305 e. The molecule has 5 heteroatoms. The van der Waals surface area contributed by atoms with E-state index in [0.29, 0.717) is 30.1 Å². The molecule has 7 atom stereocenters. The van der Waals surface area contributed by atoms with Crippen LogP contribution in [0.1, 0.15) is 65.7 Å². The quantitative estimate of drug-likeness (QED) is 0.494. The monoisotopic (exact) mass is 394 g/mol. The van der Waals surface area contributed by atoms with Gasteiger partial charge in [-0.3, -0.25) is 4.79 Å². The number of aliphatic hydroxyl groups excluding tert-OH is 2. The predicted molar refractivity (Wildman–Crippen MR) is 110 cm³/mol. The number of carboxylic acids is 1. The number of aliphatic hydroxyl groups is 2. The third kappa shape index (κ3) is 6.71. The van der Waals surface area contributed by atoms with Crippen molar-refractivity contribution in [3.63, 3.8) is 0 Å². The van der Waals surface area contributed by atoms with Crippen LogP contribution in [0.2, 0.25) is 0 Å². The maximum absolute atomic E-state index is 10.7. The summed E-state index contributed by atoms with van der Waals surface area (Å²) in [6, 6.07) is 0. The predicted octanol–water partition coefficient (Wildman–Crippen LogP) is 3.94. The molecule has 0 saturated carbocycles. The highest BCUT2D eigenvalue weighted by molar-refractivity contribution is 5.67. The van der Waals surface area contributed by atoms with Gasteiger partial charge in [0.05, 0.1) is 24.7 Å². The van der Waals surface area contributed by atoms with E-state index in [1.807, 2.05) is 0 Å². The first-order valence-electron chi connectivity index (χ1n) is 10.9. The van der Waals surface area contributed by atoms with E-state index >= 15 is 0 Å². The van der Waals surface area contributed by atoms with Gasteiger partial charge >= 0.3 is 5.97 Å². The average molecular weight is 395 g/mol. The summed E-state index contributed by atoms with van der Waals surface area (Å²) in [6.45, 7) is 7.46. The van der Waals surface area contributed by atoms with Gasteiger partial charge in [0.1, 0.15) is 0 Å². The Balaban J connectivity index is 1.97. The second-order valence-electron chi connectivity index (χ2n) is 8.85. The molecule has 0 amide bonds. The van der Waals surface area contributed by atoms with Crippen LogP contribution in [-0.2, 0) is 9.53 Å². The Hall–Kier alpha value is -1.17. The van der Waals surface area contributed by atoms with Gasteiger partial charge in [-0.25, -0.2) is 0 Å². The molecule has 5 nitrogen and oxygen atoms in total. The largest absolute Gasteiger partial charge is 0.481 e. The summed E-state index contributed by atoms with van der Waals surface area (Å²) in [7, 11) is 0. The van der Waals surface area contributed by atoms with Crippen molar-refractivity contribution >= 4 is 5.97 Å². The molecule has 0 saturated heterocycles. The molecule has 2 aliphatic rings. The van der Waals surface area contributed by atoms with Crippen LogP contribution in [0.5, 0.6) is 0 Å². The van der Waals surface area contributed by atoms with Crippen LogP contribution in [0.25, 0.3) is 0 Å². The summed E-state index contributed by atoms with van der Waals surface area (Å²) >= 11 is 0. The number of carbonyl (C=O) groups is 1. The molecular weight excluding hydrogens is 356 g/mol. The van der Waals surface area contributed by atoms with Gasteiger partial charge < -0.3 is 20.1 Å². The lowest BCUT2D eigenvalue weighted by molar-refractivity contribution is -0.139. The molecule has 160 valence electrons. The van der Waals surface area contributed by atoms with Crippen LogP contribution in [0.3, 0.4) is 0 Å². The molecular formula is C23H38O5. The van der Waals surface area contributed by atoms with Crippen LogP contribution in [0.4, 0.5) is 0 Å². The van der Waals surface area contributed by atoms with Gasteiger partial charge in [-0.05, 0) is 55.4 Å². The molecule has 0 spiro atoms. The number of hydrogen-bond acceptors (Lipinski definition) is 4. The summed E-state index contributed by atoms with van der Waals surface area (Å²) in [5.74, 6) is 0.819. The fraction of sp³-hybridized carbons (Fsp3) is 0.783. The number of rotatable bonds is 11. The van der Waals surface area contributed by atoms with Gasteiger partial charge in [0, 0.05) is 12.5 Å². The molecule has 0 aromatic carbocycles. The van der Waals surface area contributed by atoms with Gasteiger partial charge in [-0.2, -0.15) is 0 Å². The summed E-state index contributed by atoms with van der Waals surface area (Å²) in [4.78, 5) is 10.7. The normalized spacial score (nSPS) is 30.2. The van der Waals surface area contributed by atoms with E-state index in [2.05, 4.69) is 39.0 Å². The van der Waals surface area contributed by atoms with Gasteiger partial charge in [0.15, 0.2) is 0 Å². The average Bonchev–Trinajstić information content (AvgIpc) is 2.64. The number of aliphatic carboxylic acids is 1. The van der Waals surface area contributed by atoms with Crippen molar-refractivity contribution in [2.45, 2.75) is 84.0 Å². The minimum Gasteiger partial charge on any atom is -0.481 e. The Morgan fingerprint density at radius 1 is 1.29 bits per heavy atom. The van der Waals surface area contributed by atoms with Crippen molar-refractivity contribution in [2.24, 2.45) is 23.7 Å². The lowest BCUT2D eigenvalue weighted by atomic mass is 9.66. The molecule has 0 unspecified atom stereocenters. The van der Waals surface area contributed by atoms with Crippen molar-refractivity contribution in [1.29, 1.82) is 0 Å². The van der Waals surface area contributed by atoms with Crippen LogP contribution < -0.4 is 0 Å². The minimum atomic E-state index is -1.04. The van der Waals surface area contributed by atoms with E-state index in [1.54, 1.807) is 0 Å². The van der Waals surface area contributed by atoms with Crippen molar-refractivity contribution in [3.05, 3.63) is 23.8 Å². The zero-order chi connectivity index (χ0) is 20.7. The second-order valence-corrected chi connectivity index (χ2v) is 8.85. The van der Waals surface area contributed by atoms with Crippen LogP contribution in [0.15, 0.2) is 23.8 Å². The fourth-order valence-corrected chi connectivity index (χ4v) is 4.53. The maximum atomic E-state index is 10.7. The van der Waals surface area contributed by atoms with Crippen molar-refractivity contribution in [3.8, 4) is 0 Å². The molecule has 28 heavy (non-hydrogen) atoms. The highest BCUT2D eigenvalue weighted by atomic mass is 16.5. The van der Waals surface area contributed by atoms with E-state index in [1.165, 1.54) is 5.57 Å². The van der Waals surface area contributed by atoms with Crippen molar-refractivity contribution < 1.29 is 24.9 Å². The van der Waals surface area contributed by atoms with E-state index in [-0.39, 0.29) is 18.9 Å². The standard InChI is InChI=1S/C23H38O5/c1-4-15(2)14-28-21-7-5-6-17-9-8-16(3)20(23(17)21)11-10-18(24)12-19(25)13-22(26)27/h5-6,9,15-16,18-21,23-25H,4,7-8,10-14H2,1-3H3,(H,26,27)/t15-,16-,18+,19+,20-,21-,23-/m0/s1. The molecule has 3 N–H and O–H groups in total. The fourth-order valence-electron chi connectivity index (χ4n) is 4.53. The van der Waals surface area contributed by atoms with Crippen molar-refractivity contribution in [2.75, 3.05) is 6.61 Å². The Kier molecular flexibility index (Phi) is 9.19. The second kappa shape index (κ2) is 11.1. The van der Waals surface area contributed by atoms with Crippen molar-refractivity contribution in [1.82, 2.24) is 0 Å². The number of ether oxygens (including phenoxy) is 1. The van der Waals surface area contributed by atoms with Gasteiger partial charge in [0.25, 0.3) is 0 Å². The SMILES string of the molecule is CC[C@H](C)CO[C@H]1CC=CC2=CC[C@H](C)[C@H](CC[C@@H](O)C[C@@H](O)CC(=O)O)[C@H]21. The Morgan fingerprint density at radius 2 is 2.04 bits per heavy atom. The van der Waals surface area contributed by atoms with Gasteiger partial charge in [0.2, 0.25) is 0 Å². The smallest absolute Gasteiger partial charge is 0.305 e. The molecule has 2 rings (SSSR count). The van der Waals surface area contributed by atoms with E-state index in [4.69, 9.17) is 9.84 Å². The number of allylic oxidation sites excluding steroid dienone is 2. The molecule has 0 bridgehead atoms. The highest BCUT2D eigenvalue weighted by Crippen LogP contribution is 2.44. The molecule has 0 aliphatic heterocycles. The molecule has 0 fully saturated rings. The van der Waals surface area contributed by atoms with Crippen LogP contribution >= 0.6 is 0 Å². The van der Waals surface area contributed by atoms with E-state index in [0.717, 1.165) is 32.3 Å². The molecule has 0 aromatic heterocycles. The topological polar surface area (TPSA) is 87.0 Å². The minimum absolute atomic E-state index is 0.120. The molecule has 0 radical (unpaired) electrons. The number of fused-ring (bicyclic) bond motifs is 1. The number of hydrogen-bond donors (Lipinski definition) is 3. The summed E-state index contributed by atoms with van der Waals surface area (Å²) in [5, 5.41) is 28.8. The lowest BCUT2D eigenvalue weighted by Crippen LogP contribution is -2.39. The Morgan fingerprint density at radius 3 is 2.71 bits per heavy atom. The molecule has 0 heterocycles. The van der Waals surface area contributed by atoms with E-state index < -0.39 is 18.2 Å².